The zero-order valence-electron chi connectivity index (χ0n) is 8.61. The number of anilines is 1. The monoisotopic (exact) mass is 237 g/mol. The van der Waals surface area contributed by atoms with Crippen LogP contribution in [0.25, 0.3) is 11.2 Å². The Kier molecular flexibility index (Phi) is 2.95. The summed E-state index contributed by atoms with van der Waals surface area (Å²) in [6.07, 6.45) is 0.979. The maximum atomic E-state index is 13.0. The van der Waals surface area contributed by atoms with Gasteiger partial charge >= 0.3 is 12.2 Å². The summed E-state index contributed by atoms with van der Waals surface area (Å²) in [6, 6.07) is 0. The van der Waals surface area contributed by atoms with Gasteiger partial charge in [0, 0.05) is 0 Å². The van der Waals surface area contributed by atoms with Crippen LogP contribution in [0.2, 0.25) is 0 Å². The number of rotatable bonds is 3. The smallest absolute Gasteiger partial charge is 0.413 e. The molecule has 0 spiro atoms. The number of nitrogens with zero attached hydrogens (tertiary/aromatic N) is 3. The lowest BCUT2D eigenvalue weighted by Crippen LogP contribution is -2.15. The second-order valence-corrected chi connectivity index (χ2v) is 2.95. The number of carbonyl (C=O) groups excluding carboxylic acids is 1. The lowest BCUT2D eigenvalue weighted by atomic mass is 10.5. The fraction of sp³-hybridized carbons (Fsp3) is 0.111. The Morgan fingerprint density at radius 2 is 2.47 bits per heavy atom. The van der Waals surface area contributed by atoms with Crippen LogP contribution in [0.4, 0.5) is 15.0 Å². The Labute approximate surface area is 94.7 Å². The molecule has 0 fully saturated rings. The summed E-state index contributed by atoms with van der Waals surface area (Å²) < 4.78 is 17.7. The first-order chi connectivity index (χ1) is 8.20. The normalized spacial score (nSPS) is 10.2. The van der Waals surface area contributed by atoms with Gasteiger partial charge in [-0.05, 0) is 0 Å². The van der Waals surface area contributed by atoms with Gasteiger partial charge in [0.1, 0.15) is 12.1 Å². The molecule has 1 amide bonds. The molecule has 0 aromatic carbocycles. The molecular formula is C9H8FN5O2. The Hall–Kier alpha value is -2.51. The van der Waals surface area contributed by atoms with Crippen molar-refractivity contribution in [2.24, 2.45) is 0 Å². The van der Waals surface area contributed by atoms with E-state index in [9.17, 15) is 9.18 Å². The summed E-state index contributed by atoms with van der Waals surface area (Å²) in [7, 11) is 0. The van der Waals surface area contributed by atoms with Crippen molar-refractivity contribution in [3.8, 4) is 0 Å². The summed E-state index contributed by atoms with van der Waals surface area (Å²) in [5.41, 5.74) is 0.443. The number of hydrogen-bond acceptors (Lipinski definition) is 5. The average molecular weight is 237 g/mol. The Balaban J connectivity index is 2.25. The van der Waals surface area contributed by atoms with Crippen molar-refractivity contribution in [2.75, 3.05) is 11.9 Å². The van der Waals surface area contributed by atoms with Crippen LogP contribution in [0.15, 0.2) is 19.0 Å². The fourth-order valence-corrected chi connectivity index (χ4v) is 1.16. The topological polar surface area (TPSA) is 92.8 Å². The highest BCUT2D eigenvalue weighted by Gasteiger charge is 2.12. The molecule has 0 saturated heterocycles. The number of carbonyl (C=O) groups is 1. The molecule has 8 heteroatoms. The summed E-state index contributed by atoms with van der Waals surface area (Å²) in [5, 5.41) is 2.28. The highest BCUT2D eigenvalue weighted by atomic mass is 19.1. The number of H-pyrrole nitrogens is 1. The fourth-order valence-electron chi connectivity index (χ4n) is 1.16. The molecule has 2 aromatic rings. The molecule has 7 nitrogen and oxygen atoms in total. The minimum atomic E-state index is -0.983. The first-order valence-electron chi connectivity index (χ1n) is 4.62. The van der Waals surface area contributed by atoms with E-state index in [0.29, 0.717) is 5.52 Å². The molecule has 2 heterocycles. The van der Waals surface area contributed by atoms with Crippen LogP contribution in [0.1, 0.15) is 0 Å². The van der Waals surface area contributed by atoms with E-state index >= 15 is 0 Å². The van der Waals surface area contributed by atoms with Gasteiger partial charge in [0.05, 0.1) is 6.33 Å². The minimum absolute atomic E-state index is 0.0286. The molecule has 2 N–H and O–H groups in total. The van der Waals surface area contributed by atoms with Crippen molar-refractivity contribution in [3.05, 3.63) is 25.1 Å². The van der Waals surface area contributed by atoms with E-state index in [2.05, 4.69) is 36.6 Å². The summed E-state index contributed by atoms with van der Waals surface area (Å²) in [5.74, 6) is -0.0286. The van der Waals surface area contributed by atoms with Gasteiger partial charge in [-0.1, -0.05) is 12.7 Å². The largest absolute Gasteiger partial charge is 0.445 e. The number of aromatic nitrogens is 4. The van der Waals surface area contributed by atoms with Gasteiger partial charge in [-0.2, -0.15) is 14.4 Å². The minimum Gasteiger partial charge on any atom is -0.445 e. The van der Waals surface area contributed by atoms with Crippen molar-refractivity contribution in [1.82, 2.24) is 19.9 Å². The number of nitrogens with one attached hydrogen (secondary N) is 2. The van der Waals surface area contributed by atoms with E-state index < -0.39 is 12.2 Å². The molecule has 0 radical (unpaired) electrons. The predicted molar refractivity (Wildman–Crippen MR) is 56.8 cm³/mol. The molecule has 0 saturated carbocycles. The zero-order valence-corrected chi connectivity index (χ0v) is 8.61. The van der Waals surface area contributed by atoms with Crippen molar-refractivity contribution in [3.63, 3.8) is 0 Å². The van der Waals surface area contributed by atoms with Crippen LogP contribution in [0, 0.1) is 6.08 Å². The standard InChI is InChI=1S/C9H8FN5O2/c1-2-3-17-9(16)15-7-5-6(12-4-11-5)13-8(10)14-7/h2,4H,1,3H2,(H2,11,12,13,14,15,16). The van der Waals surface area contributed by atoms with Gasteiger partial charge in [-0.3, -0.25) is 5.32 Å². The molecule has 0 bridgehead atoms. The number of aromatic amines is 1. The lowest BCUT2D eigenvalue weighted by molar-refractivity contribution is 0.174. The number of imidazole rings is 1. The molecule has 2 rings (SSSR count). The van der Waals surface area contributed by atoms with Gasteiger partial charge in [0.2, 0.25) is 0 Å². The third-order valence-electron chi connectivity index (χ3n) is 1.81. The molecule has 0 aliphatic carbocycles. The summed E-state index contributed by atoms with van der Waals surface area (Å²) >= 11 is 0. The highest BCUT2D eigenvalue weighted by molar-refractivity contribution is 5.93. The molecule has 0 aliphatic rings. The quantitative estimate of drug-likeness (QED) is 0.618. The lowest BCUT2D eigenvalue weighted by Gasteiger charge is -2.04. The predicted octanol–water partition coefficient (Wildman–Crippen LogP) is 1.23. The van der Waals surface area contributed by atoms with Crippen molar-refractivity contribution < 1.29 is 13.9 Å². The molecule has 88 valence electrons. The first-order valence-corrected chi connectivity index (χ1v) is 4.62. The van der Waals surface area contributed by atoms with E-state index in [1.807, 2.05) is 0 Å². The van der Waals surface area contributed by atoms with Gasteiger partial charge < -0.3 is 9.72 Å². The highest BCUT2D eigenvalue weighted by Crippen LogP contribution is 2.15. The molecular weight excluding hydrogens is 229 g/mol. The van der Waals surface area contributed by atoms with Crippen molar-refractivity contribution >= 4 is 23.1 Å². The number of halogens is 1. The van der Waals surface area contributed by atoms with E-state index in [0.717, 1.165) is 0 Å². The number of ether oxygens (including phenoxy) is 1. The number of amides is 1. The second-order valence-electron chi connectivity index (χ2n) is 2.95. The van der Waals surface area contributed by atoms with Gasteiger partial charge in [0.15, 0.2) is 11.5 Å². The van der Waals surface area contributed by atoms with Crippen LogP contribution in [-0.2, 0) is 4.74 Å². The van der Waals surface area contributed by atoms with Crippen LogP contribution >= 0.6 is 0 Å². The third-order valence-corrected chi connectivity index (χ3v) is 1.81. The van der Waals surface area contributed by atoms with Crippen LogP contribution < -0.4 is 5.32 Å². The second kappa shape index (κ2) is 4.56. The SMILES string of the molecule is C=CCOC(=O)Nc1nc(F)nc2nc[nH]c12. The molecule has 0 unspecified atom stereocenters. The molecule has 0 atom stereocenters. The summed E-state index contributed by atoms with van der Waals surface area (Å²) in [6.45, 7) is 3.44. The maximum Gasteiger partial charge on any atom is 0.413 e. The molecule has 0 aliphatic heterocycles. The van der Waals surface area contributed by atoms with E-state index in [1.165, 1.54) is 12.4 Å². The van der Waals surface area contributed by atoms with Gasteiger partial charge in [-0.25, -0.2) is 9.78 Å². The zero-order chi connectivity index (χ0) is 12.3. The van der Waals surface area contributed by atoms with Crippen LogP contribution in [0.5, 0.6) is 0 Å². The maximum absolute atomic E-state index is 13.0. The number of hydrogen-bond donors (Lipinski definition) is 2. The Morgan fingerprint density at radius 3 is 3.24 bits per heavy atom. The third kappa shape index (κ3) is 2.36. The van der Waals surface area contributed by atoms with E-state index in [-0.39, 0.29) is 18.1 Å². The van der Waals surface area contributed by atoms with Crippen molar-refractivity contribution in [1.29, 1.82) is 0 Å². The molecule has 2 aromatic heterocycles. The van der Waals surface area contributed by atoms with E-state index in [1.54, 1.807) is 0 Å². The number of fused-ring (bicyclic) bond motifs is 1. The first kappa shape index (κ1) is 11.0. The Bertz CT molecular complexity index is 568. The van der Waals surface area contributed by atoms with Gasteiger partial charge in [-0.15, -0.1) is 0 Å². The van der Waals surface area contributed by atoms with Gasteiger partial charge in [0.25, 0.3) is 0 Å². The van der Waals surface area contributed by atoms with E-state index in [4.69, 9.17) is 0 Å². The average Bonchev–Trinajstić information content (AvgIpc) is 2.74. The molecule has 17 heavy (non-hydrogen) atoms. The van der Waals surface area contributed by atoms with Crippen LogP contribution in [-0.4, -0.2) is 32.6 Å². The Morgan fingerprint density at radius 1 is 1.65 bits per heavy atom. The van der Waals surface area contributed by atoms with Crippen LogP contribution in [0.3, 0.4) is 0 Å². The van der Waals surface area contributed by atoms with Crippen molar-refractivity contribution in [2.45, 2.75) is 0 Å². The summed E-state index contributed by atoms with van der Waals surface area (Å²) in [4.78, 5) is 24.6.